The molecule has 1 aliphatic rings. The van der Waals surface area contributed by atoms with Crippen molar-refractivity contribution in [2.45, 2.75) is 45.5 Å². The predicted octanol–water partition coefficient (Wildman–Crippen LogP) is 5.17. The molecule has 0 saturated heterocycles. The van der Waals surface area contributed by atoms with E-state index in [4.69, 9.17) is 4.99 Å². The van der Waals surface area contributed by atoms with Crippen molar-refractivity contribution in [2.75, 3.05) is 6.54 Å². The fourth-order valence-electron chi connectivity index (χ4n) is 2.91. The molecule has 0 aromatic heterocycles. The first-order chi connectivity index (χ1) is 9.38. The van der Waals surface area contributed by atoms with Crippen molar-refractivity contribution in [1.82, 2.24) is 0 Å². The Morgan fingerprint density at radius 2 is 1.80 bits per heavy atom. The maximum absolute atomic E-state index is 4.88. The Kier molecular flexibility index (Phi) is 4.64. The van der Waals surface area contributed by atoms with Crippen LogP contribution in [0, 0.1) is 5.92 Å². The van der Waals surface area contributed by atoms with Crippen LogP contribution in [0.25, 0.3) is 0 Å². The highest BCUT2D eigenvalue weighted by Gasteiger charge is 2.32. The molecule has 1 unspecified atom stereocenters. The second-order valence-electron chi connectivity index (χ2n) is 7.33. The lowest BCUT2D eigenvalue weighted by Crippen LogP contribution is -2.34. The van der Waals surface area contributed by atoms with E-state index in [9.17, 15) is 0 Å². The minimum Gasteiger partial charge on any atom is -0.284 e. The van der Waals surface area contributed by atoms with E-state index in [1.807, 2.05) is 0 Å². The van der Waals surface area contributed by atoms with E-state index < -0.39 is 8.07 Å². The van der Waals surface area contributed by atoms with Gasteiger partial charge in [-0.2, -0.15) is 0 Å². The average Bonchev–Trinajstić information content (AvgIpc) is 2.37. The fraction of sp³-hybridized carbons (Fsp3) is 0.500. The fourth-order valence-corrected chi connectivity index (χ4v) is 4.87. The van der Waals surface area contributed by atoms with Crippen LogP contribution in [0.1, 0.15) is 25.8 Å². The Labute approximate surface area is 124 Å². The molecule has 0 fully saturated rings. The second-order valence-corrected chi connectivity index (χ2v) is 12.8. The van der Waals surface area contributed by atoms with Crippen LogP contribution in [0.15, 0.2) is 47.0 Å². The van der Waals surface area contributed by atoms with Crippen molar-refractivity contribution < 1.29 is 0 Å². The van der Waals surface area contributed by atoms with Crippen molar-refractivity contribution in [2.24, 2.45) is 10.9 Å². The number of dihydropyridines is 1. The summed E-state index contributed by atoms with van der Waals surface area (Å²) in [4.78, 5) is 4.88. The van der Waals surface area contributed by atoms with E-state index in [-0.39, 0.29) is 0 Å². The van der Waals surface area contributed by atoms with Gasteiger partial charge in [-0.1, -0.05) is 69.4 Å². The molecule has 1 aromatic carbocycles. The first-order valence-electron chi connectivity index (χ1n) is 7.68. The van der Waals surface area contributed by atoms with Gasteiger partial charge < -0.3 is 0 Å². The molecule has 2 heteroatoms. The van der Waals surface area contributed by atoms with Crippen LogP contribution in [-0.2, 0) is 0 Å². The summed E-state index contributed by atoms with van der Waals surface area (Å²) in [6.07, 6.45) is 3.59. The Bertz CT molecular complexity index is 506. The lowest BCUT2D eigenvalue weighted by atomic mass is 9.95. The molecule has 1 atom stereocenters. The molecule has 0 bridgehead atoms. The largest absolute Gasteiger partial charge is 0.284 e. The molecule has 0 N–H and O–H groups in total. The van der Waals surface area contributed by atoms with Crippen molar-refractivity contribution in [3.8, 4) is 0 Å². The third kappa shape index (κ3) is 3.69. The summed E-state index contributed by atoms with van der Waals surface area (Å²) in [6, 6.07) is 10.6. The lowest BCUT2D eigenvalue weighted by Gasteiger charge is -2.33. The summed E-state index contributed by atoms with van der Waals surface area (Å²) in [7, 11) is -1.19. The SMILES string of the molecule is CC(C)CC1=CC(c2ccccc2)=NCC1[Si](C)(C)C. The van der Waals surface area contributed by atoms with E-state index in [1.165, 1.54) is 17.7 Å². The molecule has 0 radical (unpaired) electrons. The molecular weight excluding hydrogens is 258 g/mol. The Hall–Kier alpha value is -1.15. The number of hydrogen-bond donors (Lipinski definition) is 0. The zero-order chi connectivity index (χ0) is 14.8. The summed E-state index contributed by atoms with van der Waals surface area (Å²) in [6.45, 7) is 13.0. The van der Waals surface area contributed by atoms with Crippen molar-refractivity contribution in [3.05, 3.63) is 47.5 Å². The molecule has 108 valence electrons. The van der Waals surface area contributed by atoms with Crippen molar-refractivity contribution in [1.29, 1.82) is 0 Å². The predicted molar refractivity (Wildman–Crippen MR) is 92.5 cm³/mol. The summed E-state index contributed by atoms with van der Waals surface area (Å²) < 4.78 is 0. The first-order valence-corrected chi connectivity index (χ1v) is 11.3. The van der Waals surface area contributed by atoms with Crippen molar-refractivity contribution in [3.63, 3.8) is 0 Å². The van der Waals surface area contributed by atoms with E-state index in [1.54, 1.807) is 5.57 Å². The normalized spacial score (nSPS) is 19.8. The van der Waals surface area contributed by atoms with E-state index in [0.29, 0.717) is 5.54 Å². The van der Waals surface area contributed by atoms with E-state index >= 15 is 0 Å². The molecule has 1 aromatic rings. The Balaban J connectivity index is 2.31. The van der Waals surface area contributed by atoms with E-state index in [2.05, 4.69) is 69.9 Å². The number of nitrogens with zero attached hydrogens (tertiary/aromatic N) is 1. The first kappa shape index (κ1) is 15.2. The smallest absolute Gasteiger partial charge is 0.0646 e. The maximum Gasteiger partial charge on any atom is 0.0646 e. The van der Waals surface area contributed by atoms with Crippen LogP contribution >= 0.6 is 0 Å². The highest BCUT2D eigenvalue weighted by Crippen LogP contribution is 2.36. The molecule has 1 nitrogen and oxygen atoms in total. The third-order valence-electron chi connectivity index (χ3n) is 3.97. The van der Waals surface area contributed by atoms with Gasteiger partial charge in [0.25, 0.3) is 0 Å². The highest BCUT2D eigenvalue weighted by atomic mass is 28.3. The second kappa shape index (κ2) is 6.09. The molecule has 0 spiro atoms. The Morgan fingerprint density at radius 1 is 1.15 bits per heavy atom. The highest BCUT2D eigenvalue weighted by molar-refractivity contribution is 6.78. The average molecular weight is 286 g/mol. The Morgan fingerprint density at radius 3 is 2.35 bits per heavy atom. The molecule has 0 amide bonds. The van der Waals surface area contributed by atoms with Crippen LogP contribution in [0.4, 0.5) is 0 Å². The van der Waals surface area contributed by atoms with Gasteiger partial charge in [-0.25, -0.2) is 0 Å². The zero-order valence-corrected chi connectivity index (χ0v) is 14.5. The molecule has 0 saturated carbocycles. The minimum absolute atomic E-state index is 0.706. The third-order valence-corrected chi connectivity index (χ3v) is 6.62. The van der Waals surface area contributed by atoms with Crippen LogP contribution in [-0.4, -0.2) is 20.3 Å². The van der Waals surface area contributed by atoms with Crippen molar-refractivity contribution >= 4 is 13.8 Å². The van der Waals surface area contributed by atoms with Gasteiger partial charge in [-0.05, 0) is 29.5 Å². The number of hydrogen-bond acceptors (Lipinski definition) is 1. The molecular formula is C18H27NSi. The number of aliphatic imine (C=N–C) groups is 1. The van der Waals surface area contributed by atoms with Gasteiger partial charge in [0.2, 0.25) is 0 Å². The van der Waals surface area contributed by atoms with Gasteiger partial charge in [0, 0.05) is 6.54 Å². The van der Waals surface area contributed by atoms with E-state index in [0.717, 1.165) is 12.5 Å². The lowest BCUT2D eigenvalue weighted by molar-refractivity contribution is 0.620. The monoisotopic (exact) mass is 285 g/mol. The number of rotatable bonds is 4. The summed E-state index contributed by atoms with van der Waals surface area (Å²) >= 11 is 0. The molecule has 0 aliphatic carbocycles. The van der Waals surface area contributed by atoms with Gasteiger partial charge >= 0.3 is 0 Å². The van der Waals surface area contributed by atoms with Gasteiger partial charge in [-0.15, -0.1) is 0 Å². The van der Waals surface area contributed by atoms with Gasteiger partial charge in [0.05, 0.1) is 13.8 Å². The summed E-state index contributed by atoms with van der Waals surface area (Å²) in [5.74, 6) is 0.718. The zero-order valence-electron chi connectivity index (χ0n) is 13.5. The minimum atomic E-state index is -1.19. The van der Waals surface area contributed by atoms with Gasteiger partial charge in [-0.3, -0.25) is 4.99 Å². The standard InChI is InChI=1S/C18H27NSi/c1-14(2)11-16-12-17(15-9-7-6-8-10-15)19-13-18(16)20(3,4)5/h6-10,12,14,18H,11,13H2,1-5H3. The molecule has 1 aliphatic heterocycles. The van der Waals surface area contributed by atoms with Crippen LogP contribution in [0.3, 0.4) is 0 Å². The van der Waals surface area contributed by atoms with Gasteiger partial charge in [0.1, 0.15) is 0 Å². The number of benzene rings is 1. The topological polar surface area (TPSA) is 12.4 Å². The van der Waals surface area contributed by atoms with Crippen LogP contribution < -0.4 is 0 Å². The summed E-state index contributed by atoms with van der Waals surface area (Å²) in [5, 5.41) is 0. The number of allylic oxidation sites excluding steroid dienone is 1. The van der Waals surface area contributed by atoms with Crippen LogP contribution in [0.5, 0.6) is 0 Å². The molecule has 20 heavy (non-hydrogen) atoms. The summed E-state index contributed by atoms with van der Waals surface area (Å²) in [5.41, 5.74) is 4.77. The molecule has 1 heterocycles. The quantitative estimate of drug-likeness (QED) is 0.677. The molecule has 2 rings (SSSR count). The maximum atomic E-state index is 4.88. The van der Waals surface area contributed by atoms with Gasteiger partial charge in [0.15, 0.2) is 0 Å². The van der Waals surface area contributed by atoms with Crippen LogP contribution in [0.2, 0.25) is 25.2 Å².